The molecule has 20 heavy (non-hydrogen) atoms. The van der Waals surface area contributed by atoms with Gasteiger partial charge in [0.1, 0.15) is 5.82 Å². The molecule has 0 unspecified atom stereocenters. The lowest BCUT2D eigenvalue weighted by molar-refractivity contribution is -0.179. The molecule has 1 aromatic rings. The van der Waals surface area contributed by atoms with Gasteiger partial charge in [-0.1, -0.05) is 12.1 Å². The summed E-state index contributed by atoms with van der Waals surface area (Å²) in [5.41, 5.74) is 1.13. The molecule has 4 heteroatoms. The van der Waals surface area contributed by atoms with Crippen molar-refractivity contribution in [2.75, 3.05) is 13.2 Å². The topological polar surface area (TPSA) is 30.5 Å². The van der Waals surface area contributed by atoms with Crippen molar-refractivity contribution in [2.24, 2.45) is 0 Å². The van der Waals surface area contributed by atoms with E-state index in [0.29, 0.717) is 6.04 Å². The fourth-order valence-electron chi connectivity index (χ4n) is 3.21. The van der Waals surface area contributed by atoms with E-state index in [1.807, 2.05) is 12.1 Å². The molecule has 1 spiro atoms. The van der Waals surface area contributed by atoms with E-state index in [0.717, 1.165) is 44.5 Å². The molecular formula is C16H22FNO2. The number of benzene rings is 1. The number of hydrogen-bond donors (Lipinski definition) is 1. The first-order valence-corrected chi connectivity index (χ1v) is 7.46. The second-order valence-corrected chi connectivity index (χ2v) is 5.82. The van der Waals surface area contributed by atoms with Crippen molar-refractivity contribution in [3.05, 3.63) is 35.6 Å². The molecule has 0 radical (unpaired) electrons. The van der Waals surface area contributed by atoms with Gasteiger partial charge in [0, 0.05) is 24.9 Å². The summed E-state index contributed by atoms with van der Waals surface area (Å²) in [6.07, 6.45) is 4.04. The molecule has 3 rings (SSSR count). The number of nitrogens with one attached hydrogen (secondary N) is 1. The van der Waals surface area contributed by atoms with Gasteiger partial charge in [0.2, 0.25) is 0 Å². The zero-order valence-corrected chi connectivity index (χ0v) is 11.9. The maximum absolute atomic E-state index is 12.9. The van der Waals surface area contributed by atoms with E-state index < -0.39 is 0 Å². The molecule has 1 heterocycles. The molecule has 0 aromatic heterocycles. The van der Waals surface area contributed by atoms with Crippen LogP contribution in [0.2, 0.25) is 0 Å². The summed E-state index contributed by atoms with van der Waals surface area (Å²) in [6, 6.07) is 7.45. The Morgan fingerprint density at radius 1 is 1.15 bits per heavy atom. The minimum Gasteiger partial charge on any atom is -0.348 e. The average Bonchev–Trinajstić information content (AvgIpc) is 2.91. The van der Waals surface area contributed by atoms with Gasteiger partial charge in [0.05, 0.1) is 13.2 Å². The van der Waals surface area contributed by atoms with Crippen LogP contribution in [0.5, 0.6) is 0 Å². The molecule has 0 bridgehead atoms. The fraction of sp³-hybridized carbons (Fsp3) is 0.625. The van der Waals surface area contributed by atoms with Crippen LogP contribution in [0, 0.1) is 5.82 Å². The van der Waals surface area contributed by atoms with Crippen LogP contribution in [0.3, 0.4) is 0 Å². The van der Waals surface area contributed by atoms with Crippen LogP contribution in [0.15, 0.2) is 24.3 Å². The predicted octanol–water partition coefficient (Wildman–Crippen LogP) is 3.16. The Bertz CT molecular complexity index is 432. The summed E-state index contributed by atoms with van der Waals surface area (Å²) in [6.45, 7) is 3.58. The van der Waals surface area contributed by atoms with Crippen molar-refractivity contribution in [1.82, 2.24) is 5.32 Å². The Morgan fingerprint density at radius 2 is 1.75 bits per heavy atom. The molecule has 110 valence electrons. The largest absolute Gasteiger partial charge is 0.348 e. The summed E-state index contributed by atoms with van der Waals surface area (Å²) in [5, 5.41) is 3.63. The molecule has 0 amide bonds. The van der Waals surface area contributed by atoms with Gasteiger partial charge >= 0.3 is 0 Å². The van der Waals surface area contributed by atoms with Gasteiger partial charge in [-0.15, -0.1) is 0 Å². The van der Waals surface area contributed by atoms with E-state index >= 15 is 0 Å². The zero-order chi connectivity index (χ0) is 14.0. The van der Waals surface area contributed by atoms with E-state index in [2.05, 4.69) is 12.2 Å². The third kappa shape index (κ3) is 3.03. The standard InChI is InChI=1S/C16H22FNO2/c1-12(13-2-4-14(17)5-3-13)18-15-6-8-16(9-7-15)19-10-11-20-16/h2-5,12,15,18H,6-11H2,1H3/t12-/m1/s1. The molecule has 1 atom stereocenters. The summed E-state index contributed by atoms with van der Waals surface area (Å²) >= 11 is 0. The van der Waals surface area contributed by atoms with E-state index in [1.54, 1.807) is 0 Å². The van der Waals surface area contributed by atoms with Crippen molar-refractivity contribution in [3.8, 4) is 0 Å². The van der Waals surface area contributed by atoms with Crippen LogP contribution in [-0.2, 0) is 9.47 Å². The second-order valence-electron chi connectivity index (χ2n) is 5.82. The van der Waals surface area contributed by atoms with E-state index in [1.165, 1.54) is 12.1 Å². The van der Waals surface area contributed by atoms with Crippen LogP contribution >= 0.6 is 0 Å². The van der Waals surface area contributed by atoms with Gasteiger partial charge in [0.25, 0.3) is 0 Å². The maximum atomic E-state index is 12.9. The number of rotatable bonds is 3. The quantitative estimate of drug-likeness (QED) is 0.922. The van der Waals surface area contributed by atoms with Gasteiger partial charge in [0.15, 0.2) is 5.79 Å². The molecule has 2 aliphatic rings. The van der Waals surface area contributed by atoms with Gasteiger partial charge in [-0.2, -0.15) is 0 Å². The first-order valence-electron chi connectivity index (χ1n) is 7.46. The summed E-state index contributed by atoms with van der Waals surface area (Å²) < 4.78 is 24.4. The van der Waals surface area contributed by atoms with Crippen LogP contribution in [0.25, 0.3) is 0 Å². The van der Waals surface area contributed by atoms with E-state index in [4.69, 9.17) is 9.47 Å². The molecule has 3 nitrogen and oxygen atoms in total. The van der Waals surface area contributed by atoms with Crippen molar-refractivity contribution in [3.63, 3.8) is 0 Å². The van der Waals surface area contributed by atoms with Gasteiger partial charge in [-0.3, -0.25) is 0 Å². The molecule has 1 saturated heterocycles. The van der Waals surface area contributed by atoms with Gasteiger partial charge in [-0.05, 0) is 37.5 Å². The predicted molar refractivity (Wildman–Crippen MR) is 74.8 cm³/mol. The summed E-state index contributed by atoms with van der Waals surface area (Å²) in [7, 11) is 0. The smallest absolute Gasteiger partial charge is 0.168 e. The lowest BCUT2D eigenvalue weighted by atomic mass is 9.89. The molecule has 2 fully saturated rings. The highest BCUT2D eigenvalue weighted by Gasteiger charge is 2.40. The van der Waals surface area contributed by atoms with Crippen molar-refractivity contribution in [1.29, 1.82) is 0 Å². The fourth-order valence-corrected chi connectivity index (χ4v) is 3.21. The second kappa shape index (κ2) is 5.80. The highest BCUT2D eigenvalue weighted by atomic mass is 19.1. The molecule has 1 aliphatic heterocycles. The highest BCUT2D eigenvalue weighted by Crippen LogP contribution is 2.36. The van der Waals surface area contributed by atoms with Gasteiger partial charge in [-0.25, -0.2) is 4.39 Å². The molecule has 1 aliphatic carbocycles. The van der Waals surface area contributed by atoms with E-state index in [-0.39, 0.29) is 17.6 Å². The third-order valence-electron chi connectivity index (χ3n) is 4.42. The molecule has 1 N–H and O–H groups in total. The third-order valence-corrected chi connectivity index (χ3v) is 4.42. The summed E-state index contributed by atoms with van der Waals surface area (Å²) in [5.74, 6) is -0.479. The first kappa shape index (κ1) is 14.0. The normalized spacial score (nSPS) is 24.1. The molecular weight excluding hydrogens is 257 g/mol. The average molecular weight is 279 g/mol. The van der Waals surface area contributed by atoms with Crippen LogP contribution < -0.4 is 5.32 Å². The Morgan fingerprint density at radius 3 is 2.35 bits per heavy atom. The number of hydrogen-bond acceptors (Lipinski definition) is 3. The maximum Gasteiger partial charge on any atom is 0.168 e. The first-order chi connectivity index (χ1) is 9.67. The Kier molecular flexibility index (Phi) is 4.06. The number of halogens is 1. The lowest BCUT2D eigenvalue weighted by Crippen LogP contribution is -2.42. The van der Waals surface area contributed by atoms with Crippen molar-refractivity contribution < 1.29 is 13.9 Å². The van der Waals surface area contributed by atoms with Crippen molar-refractivity contribution >= 4 is 0 Å². The van der Waals surface area contributed by atoms with Gasteiger partial charge < -0.3 is 14.8 Å². The van der Waals surface area contributed by atoms with Crippen LogP contribution in [-0.4, -0.2) is 25.0 Å². The van der Waals surface area contributed by atoms with Crippen molar-refractivity contribution in [2.45, 2.75) is 50.5 Å². The highest BCUT2D eigenvalue weighted by molar-refractivity contribution is 5.19. The number of ether oxygens (including phenoxy) is 2. The minimum atomic E-state index is -0.294. The zero-order valence-electron chi connectivity index (χ0n) is 11.9. The molecule has 1 saturated carbocycles. The van der Waals surface area contributed by atoms with E-state index in [9.17, 15) is 4.39 Å². The monoisotopic (exact) mass is 279 g/mol. The Labute approximate surface area is 119 Å². The Hall–Kier alpha value is -0.970. The Balaban J connectivity index is 1.52. The summed E-state index contributed by atoms with van der Waals surface area (Å²) in [4.78, 5) is 0. The SMILES string of the molecule is C[C@@H](NC1CCC2(CC1)OCCO2)c1ccc(F)cc1. The van der Waals surface area contributed by atoms with Crippen LogP contribution in [0.1, 0.15) is 44.2 Å². The lowest BCUT2D eigenvalue weighted by Gasteiger charge is -2.36. The van der Waals surface area contributed by atoms with Crippen LogP contribution in [0.4, 0.5) is 4.39 Å². The minimum absolute atomic E-state index is 0.184. The molecule has 1 aromatic carbocycles.